The Morgan fingerprint density at radius 3 is 2.56 bits per heavy atom. The van der Waals surface area contributed by atoms with E-state index in [-0.39, 0.29) is 11.7 Å². The summed E-state index contributed by atoms with van der Waals surface area (Å²) in [5, 5.41) is 15.2. The summed E-state index contributed by atoms with van der Waals surface area (Å²) in [5.41, 5.74) is 2.77. The topological polar surface area (TPSA) is 79.4 Å². The van der Waals surface area contributed by atoms with Gasteiger partial charge in [0, 0.05) is 24.0 Å². The number of carbonyl (C=O) groups excluding carboxylic acids is 1. The van der Waals surface area contributed by atoms with Crippen molar-refractivity contribution in [2.45, 2.75) is 38.1 Å². The van der Waals surface area contributed by atoms with Crippen molar-refractivity contribution in [1.29, 1.82) is 0 Å². The lowest BCUT2D eigenvalue weighted by Gasteiger charge is -2.27. The van der Waals surface area contributed by atoms with Crippen LogP contribution >= 0.6 is 23.1 Å². The highest BCUT2D eigenvalue weighted by Crippen LogP contribution is 2.31. The molecule has 0 atom stereocenters. The fourth-order valence-corrected chi connectivity index (χ4v) is 4.76. The van der Waals surface area contributed by atoms with Gasteiger partial charge in [-0.05, 0) is 64.1 Å². The minimum absolute atomic E-state index is 0.0784. The van der Waals surface area contributed by atoms with Crippen LogP contribution in [0, 0.1) is 0 Å². The first-order valence-corrected chi connectivity index (χ1v) is 12.4. The number of thioether (sulfide) groups is 1. The lowest BCUT2D eigenvalue weighted by molar-refractivity contribution is -0.113. The molecule has 0 bridgehead atoms. The largest absolute Gasteiger partial charge is 0.492 e. The van der Waals surface area contributed by atoms with Crippen molar-refractivity contribution in [3.05, 3.63) is 48.5 Å². The zero-order chi connectivity index (χ0) is 22.9. The van der Waals surface area contributed by atoms with Crippen molar-refractivity contribution in [2.75, 3.05) is 34.4 Å². The van der Waals surface area contributed by atoms with E-state index in [1.54, 1.807) is 0 Å². The van der Waals surface area contributed by atoms with Crippen LogP contribution in [-0.2, 0) is 4.79 Å². The molecule has 2 N–H and O–H groups in total. The molecular weight excluding hydrogens is 442 g/mol. The first-order valence-electron chi connectivity index (χ1n) is 10.6. The summed E-state index contributed by atoms with van der Waals surface area (Å²) in [6.45, 7) is 9.95. The van der Waals surface area contributed by atoms with E-state index in [9.17, 15) is 4.79 Å². The molecule has 0 spiro atoms. The molecular formula is C23H29N5O2S2. The Morgan fingerprint density at radius 1 is 1.12 bits per heavy atom. The van der Waals surface area contributed by atoms with Crippen molar-refractivity contribution < 1.29 is 9.53 Å². The standard InChI is InChI=1S/C23H29N5O2S2/c1-5-28(16(3)4)18-13-11-17(12-14-18)24-21(29)15-31-23-27-26-22(32-23)25-19-9-7-8-10-20(19)30-6-2/h7-14,16H,5-6,15H2,1-4H3,(H,24,29)(H,25,26). The van der Waals surface area contributed by atoms with Gasteiger partial charge in [0.2, 0.25) is 11.0 Å². The second kappa shape index (κ2) is 11.7. The highest BCUT2D eigenvalue weighted by Gasteiger charge is 2.12. The van der Waals surface area contributed by atoms with E-state index in [4.69, 9.17) is 4.74 Å². The van der Waals surface area contributed by atoms with Gasteiger partial charge < -0.3 is 20.3 Å². The number of nitrogens with one attached hydrogen (secondary N) is 2. The number of nitrogens with zero attached hydrogens (tertiary/aromatic N) is 3. The van der Waals surface area contributed by atoms with Gasteiger partial charge in [-0.25, -0.2) is 0 Å². The van der Waals surface area contributed by atoms with Crippen molar-refractivity contribution >= 4 is 51.2 Å². The molecule has 3 rings (SSSR count). The monoisotopic (exact) mass is 471 g/mol. The lowest BCUT2D eigenvalue weighted by atomic mass is 10.2. The summed E-state index contributed by atoms with van der Waals surface area (Å²) in [6, 6.07) is 16.1. The minimum Gasteiger partial charge on any atom is -0.492 e. The van der Waals surface area contributed by atoms with Gasteiger partial charge in [0.1, 0.15) is 5.75 Å². The van der Waals surface area contributed by atoms with E-state index in [1.807, 2.05) is 55.5 Å². The molecule has 32 heavy (non-hydrogen) atoms. The number of amides is 1. The lowest BCUT2D eigenvalue weighted by Crippen LogP contribution is -2.30. The number of aromatic nitrogens is 2. The number of para-hydroxylation sites is 2. The Balaban J connectivity index is 1.51. The number of hydrogen-bond donors (Lipinski definition) is 2. The first-order chi connectivity index (χ1) is 15.5. The molecule has 0 saturated carbocycles. The van der Waals surface area contributed by atoms with Crippen LogP contribution in [0.4, 0.5) is 22.2 Å². The second-order valence-corrected chi connectivity index (χ2v) is 9.39. The molecule has 9 heteroatoms. The number of rotatable bonds is 11. The van der Waals surface area contributed by atoms with Gasteiger partial charge in [-0.1, -0.05) is 35.2 Å². The first kappa shape index (κ1) is 23.9. The van der Waals surface area contributed by atoms with Crippen LogP contribution in [0.25, 0.3) is 0 Å². The molecule has 0 fully saturated rings. The molecule has 0 unspecified atom stereocenters. The molecule has 1 amide bonds. The molecule has 1 heterocycles. The summed E-state index contributed by atoms with van der Waals surface area (Å²) in [6.07, 6.45) is 0. The normalized spacial score (nSPS) is 10.8. The second-order valence-electron chi connectivity index (χ2n) is 7.19. The van der Waals surface area contributed by atoms with Gasteiger partial charge in [0.05, 0.1) is 18.0 Å². The summed E-state index contributed by atoms with van der Waals surface area (Å²) in [5.74, 6) is 0.949. The van der Waals surface area contributed by atoms with E-state index in [0.717, 1.165) is 33.7 Å². The third-order valence-electron chi connectivity index (χ3n) is 4.61. The third kappa shape index (κ3) is 6.61. The highest BCUT2D eigenvalue weighted by atomic mass is 32.2. The average molecular weight is 472 g/mol. The molecule has 7 nitrogen and oxygen atoms in total. The molecule has 1 aromatic heterocycles. The Morgan fingerprint density at radius 2 is 1.88 bits per heavy atom. The van der Waals surface area contributed by atoms with Gasteiger partial charge in [-0.15, -0.1) is 10.2 Å². The molecule has 0 radical (unpaired) electrons. The maximum atomic E-state index is 12.4. The van der Waals surface area contributed by atoms with E-state index in [1.165, 1.54) is 23.1 Å². The molecule has 0 aliphatic heterocycles. The van der Waals surface area contributed by atoms with Crippen LogP contribution in [0.2, 0.25) is 0 Å². The quantitative estimate of drug-likeness (QED) is 0.350. The zero-order valence-corrected chi connectivity index (χ0v) is 20.4. The van der Waals surface area contributed by atoms with Gasteiger partial charge in [-0.3, -0.25) is 4.79 Å². The van der Waals surface area contributed by atoms with Gasteiger partial charge >= 0.3 is 0 Å². The molecule has 2 aromatic carbocycles. The Labute approximate surface area is 197 Å². The zero-order valence-electron chi connectivity index (χ0n) is 18.8. The van der Waals surface area contributed by atoms with Crippen molar-refractivity contribution in [3.8, 4) is 5.75 Å². The number of ether oxygens (including phenoxy) is 1. The minimum atomic E-state index is -0.0784. The van der Waals surface area contributed by atoms with E-state index < -0.39 is 0 Å². The number of carbonyl (C=O) groups is 1. The van der Waals surface area contributed by atoms with Crippen LogP contribution < -0.4 is 20.3 Å². The Kier molecular flexibility index (Phi) is 8.75. The number of benzene rings is 2. The summed E-state index contributed by atoms with van der Waals surface area (Å²) < 4.78 is 6.35. The molecule has 3 aromatic rings. The Hall–Kier alpha value is -2.78. The maximum Gasteiger partial charge on any atom is 0.234 e. The van der Waals surface area contributed by atoms with Crippen molar-refractivity contribution in [2.24, 2.45) is 0 Å². The van der Waals surface area contributed by atoms with Crippen LogP contribution in [0.1, 0.15) is 27.7 Å². The number of anilines is 4. The SMILES string of the molecule is CCOc1ccccc1Nc1nnc(SCC(=O)Nc2ccc(N(CC)C(C)C)cc2)s1. The molecule has 170 valence electrons. The van der Waals surface area contributed by atoms with E-state index in [2.05, 4.69) is 46.5 Å². The molecule has 0 aliphatic rings. The van der Waals surface area contributed by atoms with E-state index >= 15 is 0 Å². The van der Waals surface area contributed by atoms with Crippen LogP contribution in [0.5, 0.6) is 5.75 Å². The van der Waals surface area contributed by atoms with Gasteiger partial charge in [-0.2, -0.15) is 0 Å². The van der Waals surface area contributed by atoms with Crippen molar-refractivity contribution in [1.82, 2.24) is 10.2 Å². The maximum absolute atomic E-state index is 12.4. The average Bonchev–Trinajstić information content (AvgIpc) is 3.23. The van der Waals surface area contributed by atoms with Gasteiger partial charge in [0.15, 0.2) is 4.34 Å². The number of hydrogen-bond acceptors (Lipinski definition) is 8. The van der Waals surface area contributed by atoms with E-state index in [0.29, 0.717) is 17.8 Å². The summed E-state index contributed by atoms with van der Waals surface area (Å²) >= 11 is 2.76. The predicted octanol–water partition coefficient (Wildman–Crippen LogP) is 5.65. The summed E-state index contributed by atoms with van der Waals surface area (Å²) in [4.78, 5) is 14.7. The van der Waals surface area contributed by atoms with Crippen LogP contribution in [0.3, 0.4) is 0 Å². The molecule has 0 aliphatic carbocycles. The molecule has 0 saturated heterocycles. The van der Waals surface area contributed by atoms with Gasteiger partial charge in [0.25, 0.3) is 0 Å². The third-order valence-corrected chi connectivity index (χ3v) is 6.58. The fraction of sp³-hybridized carbons (Fsp3) is 0.348. The van der Waals surface area contributed by atoms with Crippen molar-refractivity contribution in [3.63, 3.8) is 0 Å². The Bertz CT molecular complexity index is 1010. The smallest absolute Gasteiger partial charge is 0.234 e. The summed E-state index contributed by atoms with van der Waals surface area (Å²) in [7, 11) is 0. The van der Waals surface area contributed by atoms with Crippen LogP contribution in [0.15, 0.2) is 52.9 Å². The van der Waals surface area contributed by atoms with Crippen LogP contribution in [-0.4, -0.2) is 41.1 Å². The highest BCUT2D eigenvalue weighted by molar-refractivity contribution is 8.01. The predicted molar refractivity (Wildman–Crippen MR) is 135 cm³/mol. The fourth-order valence-electron chi connectivity index (χ4n) is 3.19.